The summed E-state index contributed by atoms with van der Waals surface area (Å²) in [7, 11) is 1.56. The first-order chi connectivity index (χ1) is 34.0. The second kappa shape index (κ2) is 52.1. The van der Waals surface area contributed by atoms with E-state index in [9.17, 15) is 19.4 Å². The number of amides is 1. The van der Waals surface area contributed by atoms with Gasteiger partial charge >= 0.3 is 7.82 Å². The number of aliphatic hydroxyl groups excluding tert-OH is 1. The van der Waals surface area contributed by atoms with Crippen molar-refractivity contribution in [2.75, 3.05) is 40.9 Å². The van der Waals surface area contributed by atoms with E-state index < -0.39 is 20.0 Å². The van der Waals surface area contributed by atoms with Crippen molar-refractivity contribution in [3.05, 3.63) is 60.8 Å². The van der Waals surface area contributed by atoms with Crippen LogP contribution in [0.5, 0.6) is 0 Å². The third-order valence-corrected chi connectivity index (χ3v) is 14.2. The van der Waals surface area contributed by atoms with E-state index in [2.05, 4.69) is 67.8 Å². The number of carbonyl (C=O) groups is 1. The van der Waals surface area contributed by atoms with Gasteiger partial charge in [-0.2, -0.15) is 0 Å². The Morgan fingerprint density at radius 1 is 0.486 bits per heavy atom. The number of allylic oxidation sites excluding steroid dienone is 9. The van der Waals surface area contributed by atoms with Gasteiger partial charge in [-0.1, -0.05) is 254 Å². The van der Waals surface area contributed by atoms with Gasteiger partial charge in [-0.05, 0) is 70.6 Å². The number of carbonyl (C=O) groups excluding carboxylic acids is 1. The molecule has 0 bridgehead atoms. The number of hydrogen-bond donors (Lipinski definition) is 3. The topological polar surface area (TPSA) is 105 Å². The summed E-state index contributed by atoms with van der Waals surface area (Å²) in [4.78, 5) is 23.3. The van der Waals surface area contributed by atoms with Crippen molar-refractivity contribution in [2.24, 2.45) is 0 Å². The SMILES string of the molecule is CCCCCCC/C=C\C/C=C\C/C=C\CCCCCCCCCCCCCCCCC(=O)NC(COP(=O)(O)OCC[N+](C)(C)C)C(O)/C=C/CC/C=C/CCCCCCCCCCCCCCC. The molecule has 0 aromatic heterocycles. The van der Waals surface area contributed by atoms with Gasteiger partial charge in [0.15, 0.2) is 0 Å². The molecule has 3 N–H and O–H groups in total. The molecule has 0 aliphatic rings. The van der Waals surface area contributed by atoms with Crippen LogP contribution in [0.25, 0.3) is 0 Å². The van der Waals surface area contributed by atoms with Crippen molar-refractivity contribution in [3.8, 4) is 0 Å². The molecule has 0 radical (unpaired) electrons. The molecule has 70 heavy (non-hydrogen) atoms. The van der Waals surface area contributed by atoms with Crippen molar-refractivity contribution >= 4 is 13.7 Å². The van der Waals surface area contributed by atoms with E-state index in [1.54, 1.807) is 6.08 Å². The average Bonchev–Trinajstić information content (AvgIpc) is 3.32. The maximum atomic E-state index is 13.0. The molecule has 0 spiro atoms. The Hall–Kier alpha value is -1.80. The standard InChI is InChI=1S/C61H115N2O6P/c1-6-8-10-12-14-16-18-20-22-24-26-27-28-29-30-31-32-33-34-35-37-39-41-43-45-47-49-51-53-55-61(65)62-59(58-69-70(66,67)68-57-56-63(3,4)5)60(64)54-52-50-48-46-44-42-40-38-36-25-23-21-19-17-15-13-11-9-7-2/h18,20,24,26,28-29,44,46,52,54,59-60,64H,6-17,19,21-23,25,27,30-43,45,47-51,53,55-58H2,1-5H3,(H-,62,65,66,67)/p+1/b20-18-,26-24-,29-28-,46-44+,54-52+. The van der Waals surface area contributed by atoms with E-state index in [0.717, 1.165) is 51.4 Å². The highest BCUT2D eigenvalue weighted by Gasteiger charge is 2.27. The number of likely N-dealkylation sites (N-methyl/N-ethyl adjacent to an activating group) is 1. The number of hydrogen-bond acceptors (Lipinski definition) is 5. The van der Waals surface area contributed by atoms with E-state index in [0.29, 0.717) is 17.4 Å². The summed E-state index contributed by atoms with van der Waals surface area (Å²) in [6, 6.07) is -0.866. The van der Waals surface area contributed by atoms with Crippen molar-refractivity contribution in [1.82, 2.24) is 5.32 Å². The molecule has 0 aromatic rings. The number of unbranched alkanes of at least 4 members (excludes halogenated alkanes) is 33. The van der Waals surface area contributed by atoms with Crippen LogP contribution in [0.2, 0.25) is 0 Å². The predicted octanol–water partition coefficient (Wildman–Crippen LogP) is 18.1. The van der Waals surface area contributed by atoms with Gasteiger partial charge < -0.3 is 19.8 Å². The summed E-state index contributed by atoms with van der Waals surface area (Å²) in [6.07, 6.45) is 70.4. The fourth-order valence-electron chi connectivity index (χ4n) is 8.54. The molecule has 1 amide bonds. The van der Waals surface area contributed by atoms with Gasteiger partial charge in [0.05, 0.1) is 39.9 Å². The number of nitrogens with zero attached hydrogens (tertiary/aromatic N) is 1. The maximum absolute atomic E-state index is 13.0. The molecule has 0 saturated heterocycles. The predicted molar refractivity (Wildman–Crippen MR) is 304 cm³/mol. The van der Waals surface area contributed by atoms with Crippen LogP contribution >= 0.6 is 7.82 Å². The number of rotatable bonds is 54. The maximum Gasteiger partial charge on any atom is 0.472 e. The lowest BCUT2D eigenvalue weighted by molar-refractivity contribution is -0.870. The Labute approximate surface area is 434 Å². The van der Waals surface area contributed by atoms with Gasteiger partial charge in [0.2, 0.25) is 5.91 Å². The van der Waals surface area contributed by atoms with Gasteiger partial charge in [0, 0.05) is 6.42 Å². The van der Waals surface area contributed by atoms with Gasteiger partial charge in [-0.15, -0.1) is 0 Å². The Morgan fingerprint density at radius 3 is 1.24 bits per heavy atom. The van der Waals surface area contributed by atoms with Crippen LogP contribution in [-0.4, -0.2) is 73.4 Å². The Morgan fingerprint density at radius 2 is 0.829 bits per heavy atom. The highest BCUT2D eigenvalue weighted by atomic mass is 31.2. The summed E-state index contributed by atoms with van der Waals surface area (Å²) in [6.45, 7) is 4.80. The van der Waals surface area contributed by atoms with Crippen LogP contribution in [0, 0.1) is 0 Å². The zero-order valence-electron chi connectivity index (χ0n) is 46.8. The van der Waals surface area contributed by atoms with Crippen LogP contribution in [0.3, 0.4) is 0 Å². The molecule has 0 aliphatic heterocycles. The third-order valence-electron chi connectivity index (χ3n) is 13.2. The lowest BCUT2D eigenvalue weighted by atomic mass is 10.0. The molecule has 3 unspecified atom stereocenters. The number of aliphatic hydroxyl groups is 1. The van der Waals surface area contributed by atoms with Crippen LogP contribution < -0.4 is 5.32 Å². The number of phosphoric ester groups is 1. The highest BCUT2D eigenvalue weighted by molar-refractivity contribution is 7.47. The van der Waals surface area contributed by atoms with Crippen LogP contribution in [0.15, 0.2) is 60.8 Å². The monoisotopic (exact) mass is 1000 g/mol. The molecule has 9 heteroatoms. The average molecular weight is 1000 g/mol. The minimum absolute atomic E-state index is 0.0551. The highest BCUT2D eigenvalue weighted by Crippen LogP contribution is 2.43. The Balaban J connectivity index is 4.19. The van der Waals surface area contributed by atoms with Crippen molar-refractivity contribution in [3.63, 3.8) is 0 Å². The third kappa shape index (κ3) is 54.0. The van der Waals surface area contributed by atoms with Gasteiger partial charge in [0.25, 0.3) is 0 Å². The van der Waals surface area contributed by atoms with E-state index in [1.807, 2.05) is 27.2 Å². The van der Waals surface area contributed by atoms with Crippen LogP contribution in [0.4, 0.5) is 0 Å². The molecule has 0 aromatic carbocycles. The molecule has 0 aliphatic carbocycles. The Bertz CT molecular complexity index is 1320. The summed E-state index contributed by atoms with van der Waals surface area (Å²) >= 11 is 0. The van der Waals surface area contributed by atoms with E-state index in [4.69, 9.17) is 9.05 Å². The quantitative estimate of drug-likeness (QED) is 0.0243. The largest absolute Gasteiger partial charge is 0.472 e. The van der Waals surface area contributed by atoms with Gasteiger partial charge in [0.1, 0.15) is 13.2 Å². The Kier molecular flexibility index (Phi) is 50.7. The molecule has 0 saturated carbocycles. The second-order valence-electron chi connectivity index (χ2n) is 21.4. The first kappa shape index (κ1) is 68.2. The summed E-state index contributed by atoms with van der Waals surface area (Å²) in [5, 5.41) is 13.9. The molecular formula is C61H116N2O6P+. The molecule has 8 nitrogen and oxygen atoms in total. The number of nitrogens with one attached hydrogen (secondary N) is 1. The van der Waals surface area contributed by atoms with Gasteiger partial charge in [-0.3, -0.25) is 13.8 Å². The minimum atomic E-state index is -4.36. The molecule has 410 valence electrons. The molecule has 3 atom stereocenters. The normalized spacial score (nSPS) is 14.3. The minimum Gasteiger partial charge on any atom is -0.387 e. The lowest BCUT2D eigenvalue weighted by Crippen LogP contribution is -2.45. The molecular weight excluding hydrogens is 888 g/mol. The smallest absolute Gasteiger partial charge is 0.387 e. The van der Waals surface area contributed by atoms with Crippen molar-refractivity contribution < 1.29 is 32.9 Å². The van der Waals surface area contributed by atoms with E-state index >= 15 is 0 Å². The first-order valence-corrected chi connectivity index (χ1v) is 31.2. The summed E-state index contributed by atoms with van der Waals surface area (Å²) in [5.74, 6) is -0.186. The zero-order chi connectivity index (χ0) is 51.3. The fourth-order valence-corrected chi connectivity index (χ4v) is 9.27. The number of phosphoric acid groups is 1. The molecule has 0 rings (SSSR count). The number of quaternary nitrogens is 1. The molecule has 0 fully saturated rings. The van der Waals surface area contributed by atoms with Gasteiger partial charge in [-0.25, -0.2) is 4.57 Å². The van der Waals surface area contributed by atoms with Crippen molar-refractivity contribution in [2.45, 2.75) is 283 Å². The fraction of sp³-hybridized carbons (Fsp3) is 0.820. The lowest BCUT2D eigenvalue weighted by Gasteiger charge is -2.25. The zero-order valence-corrected chi connectivity index (χ0v) is 47.7. The van der Waals surface area contributed by atoms with Crippen LogP contribution in [-0.2, 0) is 18.4 Å². The summed E-state index contributed by atoms with van der Waals surface area (Å²) in [5.41, 5.74) is 0. The van der Waals surface area contributed by atoms with E-state index in [-0.39, 0.29) is 19.1 Å². The van der Waals surface area contributed by atoms with Crippen LogP contribution in [0.1, 0.15) is 271 Å². The summed E-state index contributed by atoms with van der Waals surface area (Å²) < 4.78 is 23.7. The van der Waals surface area contributed by atoms with Crippen molar-refractivity contribution in [1.29, 1.82) is 0 Å². The molecule has 0 heterocycles. The second-order valence-corrected chi connectivity index (χ2v) is 22.8. The van der Waals surface area contributed by atoms with E-state index in [1.165, 1.54) is 199 Å². The first-order valence-electron chi connectivity index (χ1n) is 29.7.